The molecule has 0 radical (unpaired) electrons. The third kappa shape index (κ3) is 15.5. The summed E-state index contributed by atoms with van der Waals surface area (Å²) in [5.74, 6) is -0.496. The van der Waals surface area contributed by atoms with Gasteiger partial charge in [-0.2, -0.15) is 0 Å². The number of benzene rings is 3. The fourth-order valence-corrected chi connectivity index (χ4v) is 8.28. The van der Waals surface area contributed by atoms with Crippen molar-refractivity contribution in [2.45, 2.75) is 180 Å². The molecule has 6 nitrogen and oxygen atoms in total. The lowest BCUT2D eigenvalue weighted by molar-refractivity contribution is -0.164. The maximum atomic E-state index is 7.04. The van der Waals surface area contributed by atoms with E-state index in [-0.39, 0.29) is 42.5 Å². The third-order valence-electron chi connectivity index (χ3n) is 11.4. The monoisotopic (exact) mass is 768 g/mol. The zero-order valence-electron chi connectivity index (χ0n) is 35.1. The van der Waals surface area contributed by atoms with Crippen molar-refractivity contribution in [2.75, 3.05) is 6.61 Å². The maximum absolute atomic E-state index is 7.04. The molecule has 6 heteroatoms. The molecule has 0 saturated carbocycles. The molecular weight excluding hydrogens is 695 g/mol. The highest BCUT2D eigenvalue weighted by Gasteiger charge is 2.45. The number of nitrogens with one attached hydrogen (secondary N) is 1. The number of ether oxygens (including phenoxy) is 5. The van der Waals surface area contributed by atoms with Crippen LogP contribution in [0.2, 0.25) is 0 Å². The standard InChI is InChI=1S/C50H73NO5/c1-5-6-7-8-9-10-11-12-13-14-15-25-34-46-48(56-50(3,4)55-46)44(51-36-41-28-19-16-20-29-41)39-52-45-35-26-27-40(2)47(53-37-42-30-21-17-22-31-42)49(45)54-38-43-32-23-18-24-33-43/h16-24,26-33,40,44-49,51H,5-15,25,34-39H2,1-4H3/t40-,44+,45?,46-,47-,48+,49-/m0/s1. The minimum atomic E-state index is -0.655. The van der Waals surface area contributed by atoms with Gasteiger partial charge in [0.1, 0.15) is 12.2 Å². The largest absolute Gasteiger partial charge is 0.373 e. The Kier molecular flexibility index (Phi) is 19.6. The summed E-state index contributed by atoms with van der Waals surface area (Å²) in [4.78, 5) is 0. The zero-order chi connectivity index (χ0) is 39.3. The highest BCUT2D eigenvalue weighted by molar-refractivity contribution is 5.16. The molecule has 308 valence electrons. The lowest BCUT2D eigenvalue weighted by Crippen LogP contribution is -2.50. The van der Waals surface area contributed by atoms with Crippen molar-refractivity contribution in [2.24, 2.45) is 5.92 Å². The lowest BCUT2D eigenvalue weighted by Gasteiger charge is -2.36. The summed E-state index contributed by atoms with van der Waals surface area (Å²) in [6.07, 6.45) is 21.5. The average Bonchev–Trinajstić information content (AvgIpc) is 3.44. The normalized spacial score (nSPS) is 23.9. The van der Waals surface area contributed by atoms with Crippen LogP contribution in [0.1, 0.15) is 134 Å². The summed E-state index contributed by atoms with van der Waals surface area (Å²) < 4.78 is 34.0. The summed E-state index contributed by atoms with van der Waals surface area (Å²) in [7, 11) is 0. The summed E-state index contributed by atoms with van der Waals surface area (Å²) in [6.45, 7) is 10.8. The molecule has 1 saturated heterocycles. The first-order valence-electron chi connectivity index (χ1n) is 22.1. The predicted molar refractivity (Wildman–Crippen MR) is 229 cm³/mol. The quantitative estimate of drug-likeness (QED) is 0.0648. The molecule has 7 atom stereocenters. The van der Waals surface area contributed by atoms with Crippen LogP contribution < -0.4 is 5.32 Å². The topological polar surface area (TPSA) is 58.2 Å². The Hall–Kier alpha value is -2.84. The van der Waals surface area contributed by atoms with E-state index in [0.717, 1.165) is 36.9 Å². The van der Waals surface area contributed by atoms with Gasteiger partial charge in [-0.05, 0) is 43.4 Å². The van der Waals surface area contributed by atoms with Crippen LogP contribution in [0.3, 0.4) is 0 Å². The summed E-state index contributed by atoms with van der Waals surface area (Å²) in [5, 5.41) is 3.87. The fraction of sp³-hybridized carbons (Fsp3) is 0.600. The fourth-order valence-electron chi connectivity index (χ4n) is 8.28. The van der Waals surface area contributed by atoms with Gasteiger partial charge in [0.15, 0.2) is 5.79 Å². The van der Waals surface area contributed by atoms with Gasteiger partial charge < -0.3 is 29.0 Å². The van der Waals surface area contributed by atoms with Crippen LogP contribution in [0.4, 0.5) is 0 Å². The van der Waals surface area contributed by atoms with Crippen LogP contribution >= 0.6 is 0 Å². The molecule has 3 aromatic rings. The molecule has 1 heterocycles. The van der Waals surface area contributed by atoms with Crippen molar-refractivity contribution >= 4 is 0 Å². The van der Waals surface area contributed by atoms with Crippen LogP contribution in [-0.4, -0.2) is 49.0 Å². The second kappa shape index (κ2) is 24.8. The van der Waals surface area contributed by atoms with E-state index in [1.165, 1.54) is 76.2 Å². The molecule has 1 fully saturated rings. The van der Waals surface area contributed by atoms with Gasteiger partial charge in [-0.15, -0.1) is 0 Å². The Labute approximate surface area is 340 Å². The Bertz CT molecular complexity index is 1470. The van der Waals surface area contributed by atoms with Crippen molar-refractivity contribution in [3.05, 3.63) is 120 Å². The van der Waals surface area contributed by atoms with Crippen LogP contribution in [-0.2, 0) is 43.4 Å². The van der Waals surface area contributed by atoms with E-state index in [4.69, 9.17) is 23.7 Å². The molecular formula is C50H73NO5. The molecule has 0 spiro atoms. The minimum absolute atomic E-state index is 0.00822. The van der Waals surface area contributed by atoms with Crippen LogP contribution in [0.5, 0.6) is 0 Å². The molecule has 5 rings (SSSR count). The van der Waals surface area contributed by atoms with Gasteiger partial charge in [0.2, 0.25) is 0 Å². The van der Waals surface area contributed by atoms with Gasteiger partial charge >= 0.3 is 0 Å². The summed E-state index contributed by atoms with van der Waals surface area (Å²) in [5.41, 5.74) is 3.52. The Morgan fingerprint density at radius 3 is 1.73 bits per heavy atom. The molecule has 0 bridgehead atoms. The highest BCUT2D eigenvalue weighted by Crippen LogP contribution is 2.34. The number of hydrogen-bond donors (Lipinski definition) is 1. The first kappa shape index (κ1) is 44.3. The van der Waals surface area contributed by atoms with E-state index in [1.54, 1.807) is 0 Å². The van der Waals surface area contributed by atoms with Crippen molar-refractivity contribution in [3.8, 4) is 0 Å². The van der Waals surface area contributed by atoms with E-state index in [2.05, 4.69) is 124 Å². The molecule has 0 aromatic heterocycles. The lowest BCUT2D eigenvalue weighted by atomic mass is 9.97. The molecule has 3 aromatic carbocycles. The maximum Gasteiger partial charge on any atom is 0.163 e. The smallest absolute Gasteiger partial charge is 0.163 e. The van der Waals surface area contributed by atoms with Gasteiger partial charge in [0.05, 0.1) is 44.2 Å². The van der Waals surface area contributed by atoms with Gasteiger partial charge in [-0.3, -0.25) is 0 Å². The van der Waals surface area contributed by atoms with E-state index in [1.807, 2.05) is 12.1 Å². The van der Waals surface area contributed by atoms with Crippen LogP contribution in [0.15, 0.2) is 103 Å². The summed E-state index contributed by atoms with van der Waals surface area (Å²) in [6, 6.07) is 31.3. The Morgan fingerprint density at radius 1 is 0.643 bits per heavy atom. The van der Waals surface area contributed by atoms with E-state index < -0.39 is 5.79 Å². The van der Waals surface area contributed by atoms with Crippen LogP contribution in [0.25, 0.3) is 0 Å². The molecule has 1 aliphatic heterocycles. The van der Waals surface area contributed by atoms with Crippen molar-refractivity contribution < 1.29 is 23.7 Å². The van der Waals surface area contributed by atoms with E-state index in [0.29, 0.717) is 19.8 Å². The predicted octanol–water partition coefficient (Wildman–Crippen LogP) is 11.9. The van der Waals surface area contributed by atoms with E-state index >= 15 is 0 Å². The number of unbranched alkanes of at least 4 members (excludes halogenated alkanes) is 11. The SMILES string of the molecule is CCCCCCCCCCCCCC[C@@H]1OC(C)(C)O[C@@H]1[C@@H](COC1CC=C[C@H](C)[C@H](OCc2ccccc2)[C@H]1OCc1ccccc1)NCc1ccccc1. The molecule has 1 unspecified atom stereocenters. The second-order valence-corrected chi connectivity index (χ2v) is 16.7. The van der Waals surface area contributed by atoms with Gasteiger partial charge in [0, 0.05) is 12.5 Å². The van der Waals surface area contributed by atoms with E-state index in [9.17, 15) is 0 Å². The molecule has 1 N–H and O–H groups in total. The molecule has 56 heavy (non-hydrogen) atoms. The van der Waals surface area contributed by atoms with Gasteiger partial charge in [-0.25, -0.2) is 0 Å². The van der Waals surface area contributed by atoms with Crippen molar-refractivity contribution in [1.29, 1.82) is 0 Å². The summed E-state index contributed by atoms with van der Waals surface area (Å²) >= 11 is 0. The highest BCUT2D eigenvalue weighted by atomic mass is 16.8. The average molecular weight is 768 g/mol. The number of rotatable bonds is 26. The van der Waals surface area contributed by atoms with Gasteiger partial charge in [-0.1, -0.05) is 194 Å². The first-order valence-corrected chi connectivity index (χ1v) is 22.1. The molecule has 0 amide bonds. The Balaban J connectivity index is 1.24. The van der Waals surface area contributed by atoms with Crippen LogP contribution in [0, 0.1) is 5.92 Å². The third-order valence-corrected chi connectivity index (χ3v) is 11.4. The minimum Gasteiger partial charge on any atom is -0.373 e. The Morgan fingerprint density at radius 2 is 1.16 bits per heavy atom. The molecule has 1 aliphatic carbocycles. The second-order valence-electron chi connectivity index (χ2n) is 16.7. The first-order chi connectivity index (χ1) is 27.4. The van der Waals surface area contributed by atoms with Crippen molar-refractivity contribution in [1.82, 2.24) is 5.32 Å². The molecule has 2 aliphatic rings. The van der Waals surface area contributed by atoms with Gasteiger partial charge in [0.25, 0.3) is 0 Å². The number of hydrogen-bond acceptors (Lipinski definition) is 6. The van der Waals surface area contributed by atoms with Crippen molar-refractivity contribution in [3.63, 3.8) is 0 Å². The zero-order valence-corrected chi connectivity index (χ0v) is 35.1.